The first-order valence-corrected chi connectivity index (χ1v) is 15.1. The molecule has 0 saturated carbocycles. The molecule has 0 spiro atoms. The lowest BCUT2D eigenvalue weighted by Crippen LogP contribution is -2.10. The molecule has 0 atom stereocenters. The van der Waals surface area contributed by atoms with E-state index in [2.05, 4.69) is 169 Å². The van der Waals surface area contributed by atoms with Gasteiger partial charge in [0.2, 0.25) is 0 Å². The Hall–Kier alpha value is -5.67. The van der Waals surface area contributed by atoms with Crippen molar-refractivity contribution >= 4 is 44.4 Å². The van der Waals surface area contributed by atoms with Crippen molar-refractivity contribution in [2.45, 2.75) is 13.8 Å². The third-order valence-electron chi connectivity index (χ3n) is 8.67. The molecule has 6 aromatic carbocycles. The van der Waals surface area contributed by atoms with Crippen molar-refractivity contribution in [3.8, 4) is 22.4 Å². The molecule has 2 aromatic heterocycles. The highest BCUT2D eigenvalue weighted by Gasteiger charge is 2.17. The quantitative estimate of drug-likeness (QED) is 0.194. The standard InChI is InChI=1S/C41H31N3/c1-28-25-30(40-27-42-41-38-19-10-9-17-36(38)37-18-11-12-20-39(37)44(40)41)21-23-34(28)35-24-22-33(26-29(35)2)43(31-13-5-3-6-14-31)32-15-7-4-8-16-32/h3-27H,1-2H3. The number of fused-ring (bicyclic) bond motifs is 6. The number of para-hydroxylation sites is 3. The third kappa shape index (κ3) is 4.25. The van der Waals surface area contributed by atoms with Gasteiger partial charge in [-0.15, -0.1) is 0 Å². The number of benzene rings is 6. The Morgan fingerprint density at radius 2 is 1.07 bits per heavy atom. The summed E-state index contributed by atoms with van der Waals surface area (Å²) in [6.07, 6.45) is 2.02. The molecule has 0 aliphatic carbocycles. The number of anilines is 3. The molecule has 0 aliphatic rings. The summed E-state index contributed by atoms with van der Waals surface area (Å²) in [5.41, 5.74) is 12.8. The average Bonchev–Trinajstić information content (AvgIpc) is 3.52. The van der Waals surface area contributed by atoms with Crippen LogP contribution >= 0.6 is 0 Å². The molecule has 3 heteroatoms. The molecule has 2 heterocycles. The second-order valence-electron chi connectivity index (χ2n) is 11.4. The zero-order valence-electron chi connectivity index (χ0n) is 24.8. The number of imidazole rings is 1. The van der Waals surface area contributed by atoms with Crippen LogP contribution in [0.3, 0.4) is 0 Å². The van der Waals surface area contributed by atoms with Gasteiger partial charge in [0.15, 0.2) is 0 Å². The Labute approximate surface area is 257 Å². The maximum absolute atomic E-state index is 4.93. The zero-order valence-corrected chi connectivity index (χ0v) is 24.8. The predicted molar refractivity (Wildman–Crippen MR) is 185 cm³/mol. The molecule has 0 fully saturated rings. The molecule has 0 saturated heterocycles. The van der Waals surface area contributed by atoms with Gasteiger partial charge in [0, 0.05) is 33.4 Å². The second-order valence-corrected chi connectivity index (χ2v) is 11.4. The summed E-state index contributed by atoms with van der Waals surface area (Å²) in [7, 11) is 0. The molecular formula is C41H31N3. The van der Waals surface area contributed by atoms with Crippen LogP contribution in [-0.4, -0.2) is 9.38 Å². The molecule has 44 heavy (non-hydrogen) atoms. The van der Waals surface area contributed by atoms with E-state index in [1.54, 1.807) is 0 Å². The monoisotopic (exact) mass is 565 g/mol. The van der Waals surface area contributed by atoms with Gasteiger partial charge in [0.25, 0.3) is 0 Å². The fraction of sp³-hybridized carbons (Fsp3) is 0.0488. The first-order valence-electron chi connectivity index (χ1n) is 15.1. The van der Waals surface area contributed by atoms with Gasteiger partial charge in [0.05, 0.1) is 17.4 Å². The number of nitrogens with zero attached hydrogens (tertiary/aromatic N) is 3. The van der Waals surface area contributed by atoms with Crippen LogP contribution in [0.1, 0.15) is 11.1 Å². The summed E-state index contributed by atoms with van der Waals surface area (Å²) < 4.78 is 2.31. The smallest absolute Gasteiger partial charge is 0.145 e. The molecular weight excluding hydrogens is 534 g/mol. The average molecular weight is 566 g/mol. The molecule has 3 nitrogen and oxygen atoms in total. The first kappa shape index (κ1) is 26.0. The molecule has 8 aromatic rings. The van der Waals surface area contributed by atoms with E-state index in [0.29, 0.717) is 0 Å². The molecule has 210 valence electrons. The molecule has 0 aliphatic heterocycles. The summed E-state index contributed by atoms with van der Waals surface area (Å²) in [6, 6.07) is 51.9. The lowest BCUT2D eigenvalue weighted by molar-refractivity contribution is 1.26. The van der Waals surface area contributed by atoms with Crippen molar-refractivity contribution in [1.29, 1.82) is 0 Å². The number of aryl methyl sites for hydroxylation is 2. The van der Waals surface area contributed by atoms with Gasteiger partial charge in [0.1, 0.15) is 5.65 Å². The lowest BCUT2D eigenvalue weighted by Gasteiger charge is -2.26. The van der Waals surface area contributed by atoms with E-state index in [-0.39, 0.29) is 0 Å². The largest absolute Gasteiger partial charge is 0.310 e. The van der Waals surface area contributed by atoms with E-state index in [4.69, 9.17) is 4.98 Å². The van der Waals surface area contributed by atoms with Crippen molar-refractivity contribution < 1.29 is 0 Å². The van der Waals surface area contributed by atoms with Crippen LogP contribution < -0.4 is 4.90 Å². The summed E-state index contributed by atoms with van der Waals surface area (Å²) in [5, 5.41) is 3.64. The van der Waals surface area contributed by atoms with Gasteiger partial charge in [-0.2, -0.15) is 0 Å². The van der Waals surface area contributed by atoms with E-state index < -0.39 is 0 Å². The fourth-order valence-corrected chi connectivity index (χ4v) is 6.61. The highest BCUT2D eigenvalue weighted by atomic mass is 15.1. The van der Waals surface area contributed by atoms with E-state index in [0.717, 1.165) is 34.0 Å². The normalized spacial score (nSPS) is 11.4. The maximum atomic E-state index is 4.93. The van der Waals surface area contributed by atoms with E-state index in [1.165, 1.54) is 43.9 Å². The van der Waals surface area contributed by atoms with Gasteiger partial charge >= 0.3 is 0 Å². The molecule has 8 rings (SSSR count). The molecule has 0 bridgehead atoms. The van der Waals surface area contributed by atoms with Crippen LogP contribution in [0.15, 0.2) is 152 Å². The molecule has 0 radical (unpaired) electrons. The first-order chi connectivity index (χ1) is 21.7. The summed E-state index contributed by atoms with van der Waals surface area (Å²) >= 11 is 0. The minimum atomic E-state index is 0.990. The SMILES string of the molecule is Cc1cc(-c2cnc3c4ccccc4c4ccccc4n23)ccc1-c1ccc(N(c2ccccc2)c2ccccc2)cc1C. The summed E-state index contributed by atoms with van der Waals surface area (Å²) in [4.78, 5) is 7.24. The van der Waals surface area contributed by atoms with Crippen LogP contribution in [0.4, 0.5) is 17.1 Å². The Morgan fingerprint density at radius 3 is 1.73 bits per heavy atom. The number of hydrogen-bond acceptors (Lipinski definition) is 2. The number of rotatable bonds is 5. The van der Waals surface area contributed by atoms with Gasteiger partial charge in [-0.25, -0.2) is 4.98 Å². The highest BCUT2D eigenvalue weighted by molar-refractivity contribution is 6.12. The predicted octanol–water partition coefficient (Wildman–Crippen LogP) is 11.1. The van der Waals surface area contributed by atoms with Crippen molar-refractivity contribution in [3.63, 3.8) is 0 Å². The topological polar surface area (TPSA) is 20.5 Å². The van der Waals surface area contributed by atoms with Gasteiger partial charge in [-0.3, -0.25) is 4.40 Å². The Balaban J connectivity index is 1.21. The van der Waals surface area contributed by atoms with E-state index >= 15 is 0 Å². The van der Waals surface area contributed by atoms with Gasteiger partial charge < -0.3 is 4.90 Å². The highest BCUT2D eigenvalue weighted by Crippen LogP contribution is 2.39. The van der Waals surface area contributed by atoms with E-state index in [9.17, 15) is 0 Å². The number of aromatic nitrogens is 2. The van der Waals surface area contributed by atoms with Crippen molar-refractivity contribution in [1.82, 2.24) is 9.38 Å². The van der Waals surface area contributed by atoms with Gasteiger partial charge in [-0.1, -0.05) is 97.1 Å². The van der Waals surface area contributed by atoms with Crippen LogP contribution in [0, 0.1) is 13.8 Å². The van der Waals surface area contributed by atoms with Crippen LogP contribution in [0.5, 0.6) is 0 Å². The van der Waals surface area contributed by atoms with E-state index in [1.807, 2.05) is 6.20 Å². The van der Waals surface area contributed by atoms with Crippen molar-refractivity contribution in [2.24, 2.45) is 0 Å². The molecule has 0 N–H and O–H groups in total. The van der Waals surface area contributed by atoms with Crippen molar-refractivity contribution in [2.75, 3.05) is 4.90 Å². The fourth-order valence-electron chi connectivity index (χ4n) is 6.61. The Morgan fingerprint density at radius 1 is 0.500 bits per heavy atom. The Bertz CT molecular complexity index is 2260. The second kappa shape index (κ2) is 10.6. The number of hydrogen-bond donors (Lipinski definition) is 0. The number of pyridine rings is 1. The maximum Gasteiger partial charge on any atom is 0.145 e. The molecule has 0 unspecified atom stereocenters. The summed E-state index contributed by atoms with van der Waals surface area (Å²) in [6.45, 7) is 4.42. The van der Waals surface area contributed by atoms with Crippen LogP contribution in [0.25, 0.3) is 49.7 Å². The van der Waals surface area contributed by atoms with Crippen molar-refractivity contribution in [3.05, 3.63) is 163 Å². The van der Waals surface area contributed by atoms with Gasteiger partial charge in [-0.05, 0) is 90.0 Å². The Kier molecular flexibility index (Phi) is 6.23. The lowest BCUT2D eigenvalue weighted by atomic mass is 9.94. The zero-order chi connectivity index (χ0) is 29.6. The summed E-state index contributed by atoms with van der Waals surface area (Å²) in [5.74, 6) is 0. The van der Waals surface area contributed by atoms with Crippen LogP contribution in [-0.2, 0) is 0 Å². The molecule has 0 amide bonds. The third-order valence-corrected chi connectivity index (χ3v) is 8.67. The van der Waals surface area contributed by atoms with Crippen LogP contribution in [0.2, 0.25) is 0 Å². The minimum Gasteiger partial charge on any atom is -0.310 e. The minimum absolute atomic E-state index is 0.990.